The summed E-state index contributed by atoms with van der Waals surface area (Å²) in [5.74, 6) is 6.69. The molecule has 5 N–H and O–H groups in total. The van der Waals surface area contributed by atoms with Crippen LogP contribution in [-0.2, 0) is 0 Å². The van der Waals surface area contributed by atoms with E-state index in [1.165, 1.54) is 6.42 Å². The lowest BCUT2D eigenvalue weighted by Gasteiger charge is -2.22. The molecular weight excluding hydrogens is 216 g/mol. The van der Waals surface area contributed by atoms with Gasteiger partial charge in [-0.1, -0.05) is 25.3 Å². The molecule has 5 nitrogen and oxygen atoms in total. The molecule has 1 aromatic heterocycles. The summed E-state index contributed by atoms with van der Waals surface area (Å²) in [4.78, 5) is 4.29. The van der Waals surface area contributed by atoms with Crippen LogP contribution in [0.2, 0.25) is 0 Å². The normalized spacial score (nSPS) is 25.1. The van der Waals surface area contributed by atoms with Crippen LogP contribution in [0.1, 0.15) is 32.1 Å². The van der Waals surface area contributed by atoms with Gasteiger partial charge in [0.15, 0.2) is 0 Å². The highest BCUT2D eigenvalue weighted by Crippen LogP contribution is 2.21. The number of aliphatic hydroxyl groups is 1. The van der Waals surface area contributed by atoms with Crippen LogP contribution in [0.5, 0.6) is 0 Å². The molecule has 94 valence electrons. The summed E-state index contributed by atoms with van der Waals surface area (Å²) in [6, 6.07) is 5.67. The maximum atomic E-state index is 10.0. The minimum Gasteiger partial charge on any atom is -0.391 e. The standard InChI is InChI=1S/C12H20N4O/c13-16-12-8-4-7-11(15-12)14-9-5-2-1-3-6-10(9)17/h4,7-10,17H,1-3,5-6,13H2,(H2,14,15,16). The van der Waals surface area contributed by atoms with Crippen LogP contribution in [0.4, 0.5) is 11.6 Å². The molecule has 0 radical (unpaired) electrons. The van der Waals surface area contributed by atoms with Crippen molar-refractivity contribution in [3.63, 3.8) is 0 Å². The number of aromatic nitrogens is 1. The molecule has 0 spiro atoms. The summed E-state index contributed by atoms with van der Waals surface area (Å²) < 4.78 is 0. The number of nitrogens with zero attached hydrogens (tertiary/aromatic N) is 1. The fourth-order valence-corrected chi connectivity index (χ4v) is 2.24. The van der Waals surface area contributed by atoms with Gasteiger partial charge in [0.05, 0.1) is 12.1 Å². The van der Waals surface area contributed by atoms with Crippen molar-refractivity contribution in [3.8, 4) is 0 Å². The summed E-state index contributed by atoms with van der Waals surface area (Å²) >= 11 is 0. The van der Waals surface area contributed by atoms with Gasteiger partial charge in [0.2, 0.25) is 0 Å². The third-order valence-electron chi connectivity index (χ3n) is 3.21. The van der Waals surface area contributed by atoms with Gasteiger partial charge in [0.1, 0.15) is 11.6 Å². The van der Waals surface area contributed by atoms with Gasteiger partial charge < -0.3 is 15.8 Å². The Kier molecular flexibility index (Phi) is 4.17. The van der Waals surface area contributed by atoms with Crippen LogP contribution in [0.25, 0.3) is 0 Å². The molecule has 1 heterocycles. The molecule has 5 heteroatoms. The first-order valence-electron chi connectivity index (χ1n) is 6.18. The van der Waals surface area contributed by atoms with Crippen LogP contribution in [-0.4, -0.2) is 22.2 Å². The maximum absolute atomic E-state index is 10.0. The van der Waals surface area contributed by atoms with Crippen molar-refractivity contribution < 1.29 is 5.11 Å². The highest BCUT2D eigenvalue weighted by Gasteiger charge is 2.21. The molecule has 0 amide bonds. The van der Waals surface area contributed by atoms with E-state index in [4.69, 9.17) is 5.84 Å². The van der Waals surface area contributed by atoms with Crippen molar-refractivity contribution in [1.29, 1.82) is 0 Å². The van der Waals surface area contributed by atoms with E-state index >= 15 is 0 Å². The number of rotatable bonds is 3. The smallest absolute Gasteiger partial charge is 0.142 e. The van der Waals surface area contributed by atoms with Gasteiger partial charge in [-0.15, -0.1) is 0 Å². The van der Waals surface area contributed by atoms with E-state index in [9.17, 15) is 5.11 Å². The Bertz CT molecular complexity index is 358. The van der Waals surface area contributed by atoms with Crippen molar-refractivity contribution >= 4 is 11.6 Å². The number of hydrogen-bond acceptors (Lipinski definition) is 5. The third kappa shape index (κ3) is 3.31. The Morgan fingerprint density at radius 3 is 2.76 bits per heavy atom. The van der Waals surface area contributed by atoms with Gasteiger partial charge in [0, 0.05) is 0 Å². The first-order valence-corrected chi connectivity index (χ1v) is 6.18. The third-order valence-corrected chi connectivity index (χ3v) is 3.21. The van der Waals surface area contributed by atoms with E-state index in [0.717, 1.165) is 31.5 Å². The highest BCUT2D eigenvalue weighted by molar-refractivity contribution is 5.45. The number of aliphatic hydroxyl groups excluding tert-OH is 1. The minimum absolute atomic E-state index is 0.0954. The second kappa shape index (κ2) is 5.84. The fraction of sp³-hybridized carbons (Fsp3) is 0.583. The second-order valence-corrected chi connectivity index (χ2v) is 4.51. The average molecular weight is 236 g/mol. The molecule has 1 aliphatic rings. The first kappa shape index (κ1) is 12.1. The lowest BCUT2D eigenvalue weighted by Crippen LogP contribution is -2.32. The van der Waals surface area contributed by atoms with E-state index in [-0.39, 0.29) is 12.1 Å². The lowest BCUT2D eigenvalue weighted by molar-refractivity contribution is 0.144. The van der Waals surface area contributed by atoms with E-state index < -0.39 is 0 Å². The Morgan fingerprint density at radius 1 is 1.18 bits per heavy atom. The second-order valence-electron chi connectivity index (χ2n) is 4.51. The van der Waals surface area contributed by atoms with Gasteiger partial charge >= 0.3 is 0 Å². The SMILES string of the molecule is NNc1cccc(NC2CCCCCC2O)n1. The van der Waals surface area contributed by atoms with E-state index in [2.05, 4.69) is 15.7 Å². The molecule has 0 aliphatic heterocycles. The van der Waals surface area contributed by atoms with Crippen LogP contribution in [0.3, 0.4) is 0 Å². The van der Waals surface area contributed by atoms with Crippen molar-refractivity contribution in [3.05, 3.63) is 18.2 Å². The Morgan fingerprint density at radius 2 is 1.94 bits per heavy atom. The van der Waals surface area contributed by atoms with Crippen molar-refractivity contribution in [1.82, 2.24) is 4.98 Å². The summed E-state index contributed by atoms with van der Waals surface area (Å²) in [5.41, 5.74) is 2.51. The molecular formula is C12H20N4O. The summed E-state index contributed by atoms with van der Waals surface area (Å²) in [6.45, 7) is 0. The number of hydrazine groups is 1. The van der Waals surface area contributed by atoms with E-state index in [1.807, 2.05) is 12.1 Å². The predicted molar refractivity (Wildman–Crippen MR) is 68.5 cm³/mol. The zero-order valence-electron chi connectivity index (χ0n) is 9.89. The molecule has 2 atom stereocenters. The monoisotopic (exact) mass is 236 g/mol. The first-order chi connectivity index (χ1) is 8.29. The number of nitrogens with two attached hydrogens (primary N) is 1. The molecule has 1 saturated carbocycles. The lowest BCUT2D eigenvalue weighted by atomic mass is 10.1. The van der Waals surface area contributed by atoms with Gasteiger partial charge in [-0.05, 0) is 25.0 Å². The number of pyridine rings is 1. The van der Waals surface area contributed by atoms with Crippen molar-refractivity contribution in [2.45, 2.75) is 44.2 Å². The zero-order valence-corrected chi connectivity index (χ0v) is 9.89. The van der Waals surface area contributed by atoms with E-state index in [1.54, 1.807) is 6.07 Å². The summed E-state index contributed by atoms with van der Waals surface area (Å²) in [6.07, 6.45) is 5.04. The van der Waals surface area contributed by atoms with Crippen LogP contribution >= 0.6 is 0 Å². The summed E-state index contributed by atoms with van der Waals surface area (Å²) in [7, 11) is 0. The minimum atomic E-state index is -0.284. The van der Waals surface area contributed by atoms with E-state index in [0.29, 0.717) is 5.82 Å². The number of anilines is 2. The number of nitrogen functional groups attached to an aromatic ring is 1. The quantitative estimate of drug-likeness (QED) is 0.363. The molecule has 17 heavy (non-hydrogen) atoms. The molecule has 0 saturated heterocycles. The van der Waals surface area contributed by atoms with Crippen LogP contribution in [0.15, 0.2) is 18.2 Å². The molecule has 1 aliphatic carbocycles. The zero-order chi connectivity index (χ0) is 12.1. The van der Waals surface area contributed by atoms with Crippen LogP contribution in [0, 0.1) is 0 Å². The Hall–Kier alpha value is -1.33. The highest BCUT2D eigenvalue weighted by atomic mass is 16.3. The molecule has 2 unspecified atom stereocenters. The van der Waals surface area contributed by atoms with Gasteiger partial charge in [0.25, 0.3) is 0 Å². The largest absolute Gasteiger partial charge is 0.391 e. The molecule has 1 fully saturated rings. The fourth-order valence-electron chi connectivity index (χ4n) is 2.24. The van der Waals surface area contributed by atoms with Crippen molar-refractivity contribution in [2.24, 2.45) is 5.84 Å². The predicted octanol–water partition coefficient (Wildman–Crippen LogP) is 1.47. The molecule has 0 aromatic carbocycles. The molecule has 2 rings (SSSR count). The van der Waals surface area contributed by atoms with Crippen LogP contribution < -0.4 is 16.6 Å². The summed E-state index contributed by atoms with van der Waals surface area (Å²) in [5, 5.41) is 13.3. The maximum Gasteiger partial charge on any atom is 0.142 e. The molecule has 1 aromatic rings. The topological polar surface area (TPSA) is 83.2 Å². The molecule has 0 bridgehead atoms. The Labute approximate surface area is 101 Å². The Balaban J connectivity index is 2.02. The van der Waals surface area contributed by atoms with Gasteiger partial charge in [-0.25, -0.2) is 10.8 Å². The number of nitrogens with one attached hydrogen (secondary N) is 2. The van der Waals surface area contributed by atoms with Gasteiger partial charge in [-0.3, -0.25) is 0 Å². The number of hydrogen-bond donors (Lipinski definition) is 4. The van der Waals surface area contributed by atoms with Crippen molar-refractivity contribution in [2.75, 3.05) is 10.7 Å². The van der Waals surface area contributed by atoms with Gasteiger partial charge in [-0.2, -0.15) is 0 Å². The average Bonchev–Trinajstić information content (AvgIpc) is 2.55.